The molecule has 0 aliphatic carbocycles. The van der Waals surface area contributed by atoms with Crippen molar-refractivity contribution in [2.45, 2.75) is 9.16 Å². The number of aliphatic hydroxyl groups is 2. The summed E-state index contributed by atoms with van der Waals surface area (Å²) in [6, 6.07) is 0. The molecule has 1 aliphatic rings. The highest BCUT2D eigenvalue weighted by molar-refractivity contribution is 8.54. The summed E-state index contributed by atoms with van der Waals surface area (Å²) < 4.78 is 1.84. The number of hydrogen-bond donors (Lipinski definition) is 2. The molecule has 1 heterocycles. The number of thiocarbonyl (C=S) groups is 1. The van der Waals surface area contributed by atoms with Gasteiger partial charge in [0, 0.05) is 11.5 Å². The Bertz CT molecular complexity index is 171. The Balaban J connectivity index is 2.33. The van der Waals surface area contributed by atoms with Crippen LogP contribution in [0.5, 0.6) is 0 Å². The molecule has 0 aromatic heterocycles. The van der Waals surface area contributed by atoms with Crippen LogP contribution < -0.4 is 0 Å². The monoisotopic (exact) mass is 288 g/mol. The summed E-state index contributed by atoms with van der Waals surface area (Å²) in [6.45, 7) is 0.438. The van der Waals surface area contributed by atoms with Crippen molar-refractivity contribution in [1.29, 1.82) is 0 Å². The van der Waals surface area contributed by atoms with Crippen molar-refractivity contribution in [3.05, 3.63) is 0 Å². The lowest BCUT2D eigenvalue weighted by molar-refractivity contribution is 0.322. The molecule has 0 radical (unpaired) electrons. The van der Waals surface area contributed by atoms with Crippen LogP contribution >= 0.6 is 59.3 Å². The van der Waals surface area contributed by atoms with Gasteiger partial charge in [-0.2, -0.15) is 0 Å². The zero-order chi connectivity index (χ0) is 10.4. The summed E-state index contributed by atoms with van der Waals surface area (Å²) in [4.78, 5) is 0. The molecular weight excluding hydrogens is 276 g/mol. The van der Waals surface area contributed by atoms with Crippen LogP contribution in [0.25, 0.3) is 0 Å². The van der Waals surface area contributed by atoms with Crippen molar-refractivity contribution < 1.29 is 10.2 Å². The normalized spacial score (nSPS) is 27.1. The molecule has 0 bridgehead atoms. The van der Waals surface area contributed by atoms with E-state index in [1.807, 2.05) is 0 Å². The molecule has 1 saturated heterocycles. The van der Waals surface area contributed by atoms with E-state index in [1.54, 1.807) is 47.0 Å². The first-order valence-corrected chi connectivity index (χ1v) is 8.36. The second kappa shape index (κ2) is 7.65. The molecule has 1 rings (SSSR count). The van der Waals surface area contributed by atoms with Gasteiger partial charge in [-0.25, -0.2) is 0 Å². The van der Waals surface area contributed by atoms with Crippen molar-refractivity contribution in [2.24, 2.45) is 0 Å². The van der Waals surface area contributed by atoms with E-state index < -0.39 is 0 Å². The Hall–Kier alpha value is 1.41. The van der Waals surface area contributed by atoms with Gasteiger partial charge < -0.3 is 10.2 Å². The van der Waals surface area contributed by atoms with Crippen molar-refractivity contribution in [3.63, 3.8) is 0 Å². The van der Waals surface area contributed by atoms with E-state index in [0.717, 1.165) is 15.0 Å². The van der Waals surface area contributed by atoms with Crippen LogP contribution in [0.3, 0.4) is 0 Å². The Labute approximate surface area is 106 Å². The molecule has 2 atom stereocenters. The van der Waals surface area contributed by atoms with Crippen molar-refractivity contribution in [1.82, 2.24) is 0 Å². The van der Waals surface area contributed by atoms with Gasteiger partial charge in [0.05, 0.1) is 22.4 Å². The number of hydrogen-bond acceptors (Lipinski definition) is 7. The van der Waals surface area contributed by atoms with Crippen molar-refractivity contribution in [2.75, 3.05) is 24.7 Å². The summed E-state index contributed by atoms with van der Waals surface area (Å²) >= 11 is 12.1. The largest absolute Gasteiger partial charge is 0.396 e. The second-order valence-corrected chi connectivity index (χ2v) is 8.99. The molecule has 7 heteroatoms. The van der Waals surface area contributed by atoms with E-state index in [0.29, 0.717) is 9.16 Å². The third kappa shape index (κ3) is 4.51. The zero-order valence-corrected chi connectivity index (χ0v) is 11.5. The minimum atomic E-state index is 0.219. The lowest BCUT2D eigenvalue weighted by Crippen LogP contribution is -2.10. The van der Waals surface area contributed by atoms with Crippen LogP contribution in [0.4, 0.5) is 0 Å². The lowest BCUT2D eigenvalue weighted by Gasteiger charge is -2.14. The third-order valence-electron chi connectivity index (χ3n) is 1.39. The molecule has 82 valence electrons. The molecule has 1 fully saturated rings. The second-order valence-electron chi connectivity index (χ2n) is 2.41. The maximum Gasteiger partial charge on any atom is 0.106 e. The van der Waals surface area contributed by atoms with Crippen LogP contribution in [0.2, 0.25) is 0 Å². The fourth-order valence-corrected chi connectivity index (χ4v) is 7.99. The third-order valence-corrected chi connectivity index (χ3v) is 8.06. The quantitative estimate of drug-likeness (QED) is 0.723. The molecule has 2 nitrogen and oxygen atoms in total. The molecular formula is C7H12O2S5. The fraction of sp³-hybridized carbons (Fsp3) is 0.857. The van der Waals surface area contributed by atoms with Crippen molar-refractivity contribution in [3.8, 4) is 0 Å². The van der Waals surface area contributed by atoms with Gasteiger partial charge >= 0.3 is 0 Å². The Morgan fingerprint density at radius 3 is 1.86 bits per heavy atom. The van der Waals surface area contributed by atoms with Gasteiger partial charge in [0.15, 0.2) is 0 Å². The lowest BCUT2D eigenvalue weighted by atomic mass is 10.9. The van der Waals surface area contributed by atoms with Gasteiger partial charge in [-0.3, -0.25) is 0 Å². The zero-order valence-electron chi connectivity index (χ0n) is 7.42. The number of aliphatic hydroxyl groups excluding tert-OH is 2. The smallest absolute Gasteiger partial charge is 0.106 e. The molecule has 1 aliphatic heterocycles. The highest BCUT2D eigenvalue weighted by Gasteiger charge is 2.32. The van der Waals surface area contributed by atoms with Crippen LogP contribution in [-0.4, -0.2) is 47.6 Å². The van der Waals surface area contributed by atoms with Gasteiger partial charge in [-0.05, 0) is 0 Å². The maximum atomic E-state index is 8.74. The predicted molar refractivity (Wildman–Crippen MR) is 74.4 cm³/mol. The first-order valence-electron chi connectivity index (χ1n) is 4.10. The molecule has 0 amide bonds. The number of rotatable bonds is 6. The molecule has 0 spiro atoms. The van der Waals surface area contributed by atoms with Gasteiger partial charge in [0.1, 0.15) is 3.53 Å². The van der Waals surface area contributed by atoms with E-state index >= 15 is 0 Å². The summed E-state index contributed by atoms with van der Waals surface area (Å²) in [5.41, 5.74) is 0. The molecule has 0 aromatic rings. The molecule has 0 aromatic carbocycles. The van der Waals surface area contributed by atoms with E-state index in [1.165, 1.54) is 0 Å². The highest BCUT2D eigenvalue weighted by atomic mass is 32.3. The molecule has 2 unspecified atom stereocenters. The predicted octanol–water partition coefficient (Wildman–Crippen LogP) is 1.85. The van der Waals surface area contributed by atoms with Gasteiger partial charge in [-0.1, -0.05) is 35.7 Å². The van der Waals surface area contributed by atoms with E-state index in [2.05, 4.69) is 0 Å². The average Bonchev–Trinajstić information content (AvgIpc) is 2.52. The number of thioether (sulfide) groups is 4. The summed E-state index contributed by atoms with van der Waals surface area (Å²) in [5.74, 6) is 1.52. The SMILES string of the molecule is OCCSC1SC(=S)SC1SCCO. The first kappa shape index (κ1) is 13.5. The Morgan fingerprint density at radius 1 is 1.07 bits per heavy atom. The van der Waals surface area contributed by atoms with E-state index in [4.69, 9.17) is 22.4 Å². The summed E-state index contributed by atoms with van der Waals surface area (Å²) in [6.07, 6.45) is 0. The van der Waals surface area contributed by atoms with Crippen LogP contribution in [0.15, 0.2) is 0 Å². The summed E-state index contributed by atoms with van der Waals surface area (Å²) in [5, 5.41) is 17.5. The van der Waals surface area contributed by atoms with Gasteiger partial charge in [0.25, 0.3) is 0 Å². The van der Waals surface area contributed by atoms with Gasteiger partial charge in [-0.15, -0.1) is 23.5 Å². The maximum absolute atomic E-state index is 8.74. The standard InChI is InChI=1S/C7H12O2S5/c8-1-3-11-5-6(12-4-2-9)14-7(10)13-5/h5-6,8-9H,1-4H2. The summed E-state index contributed by atoms with van der Waals surface area (Å²) in [7, 11) is 0. The van der Waals surface area contributed by atoms with Crippen LogP contribution in [0, 0.1) is 0 Å². The van der Waals surface area contributed by atoms with Crippen molar-refractivity contribution >= 4 is 62.8 Å². The highest BCUT2D eigenvalue weighted by Crippen LogP contribution is 2.49. The van der Waals surface area contributed by atoms with Gasteiger partial charge in [0.2, 0.25) is 0 Å². The van der Waals surface area contributed by atoms with E-state index in [9.17, 15) is 0 Å². The Kier molecular flexibility index (Phi) is 7.36. The fourth-order valence-electron chi connectivity index (χ4n) is 0.891. The minimum absolute atomic E-state index is 0.219. The molecule has 0 saturated carbocycles. The molecule has 2 N–H and O–H groups in total. The molecule has 14 heavy (non-hydrogen) atoms. The van der Waals surface area contributed by atoms with E-state index in [-0.39, 0.29) is 13.2 Å². The van der Waals surface area contributed by atoms with Crippen LogP contribution in [0.1, 0.15) is 0 Å². The topological polar surface area (TPSA) is 40.5 Å². The van der Waals surface area contributed by atoms with Crippen LogP contribution in [-0.2, 0) is 0 Å². The Morgan fingerprint density at radius 2 is 1.50 bits per heavy atom. The average molecular weight is 289 g/mol. The minimum Gasteiger partial charge on any atom is -0.396 e. The first-order chi connectivity index (χ1) is 6.77.